The molecule has 0 spiro atoms. The van der Waals surface area contributed by atoms with Crippen LogP contribution >= 0.6 is 11.3 Å². The molecule has 0 unspecified atom stereocenters. The topological polar surface area (TPSA) is 79.8 Å². The van der Waals surface area contributed by atoms with Gasteiger partial charge in [-0.2, -0.15) is 0 Å². The maximum Gasteiger partial charge on any atom is 0.227 e. The van der Waals surface area contributed by atoms with E-state index in [-0.39, 0.29) is 5.91 Å². The molecule has 168 valence electrons. The minimum Gasteiger partial charge on any atom is -0.497 e. The van der Waals surface area contributed by atoms with Crippen LogP contribution in [0.2, 0.25) is 0 Å². The van der Waals surface area contributed by atoms with Gasteiger partial charge in [-0.25, -0.2) is 0 Å². The molecule has 1 saturated heterocycles. The second-order valence-electron chi connectivity index (χ2n) is 8.19. The average Bonchev–Trinajstić information content (AvgIpc) is 3.46. The number of hydrogen-bond donors (Lipinski definition) is 1. The second-order valence-corrected chi connectivity index (χ2v) is 9.23. The summed E-state index contributed by atoms with van der Waals surface area (Å²) < 4.78 is 10.8. The highest BCUT2D eigenvalue weighted by Crippen LogP contribution is 2.25. The summed E-state index contributed by atoms with van der Waals surface area (Å²) in [6.07, 6.45) is 4.95. The van der Waals surface area contributed by atoms with Gasteiger partial charge in [-0.3, -0.25) is 9.69 Å². The molecule has 1 aromatic heterocycles. The van der Waals surface area contributed by atoms with E-state index in [4.69, 9.17) is 9.47 Å². The van der Waals surface area contributed by atoms with Crippen LogP contribution in [0.3, 0.4) is 0 Å². The quantitative estimate of drug-likeness (QED) is 0.669. The van der Waals surface area contributed by atoms with Gasteiger partial charge in [-0.1, -0.05) is 24.2 Å². The molecule has 0 atom stereocenters. The molecule has 1 N–H and O–H groups in total. The fourth-order valence-corrected chi connectivity index (χ4v) is 5.13. The Hall–Kier alpha value is -2.39. The lowest BCUT2D eigenvalue weighted by Crippen LogP contribution is -2.45. The molecule has 0 radical (unpaired) electrons. The zero-order valence-corrected chi connectivity index (χ0v) is 19.1. The molecule has 1 saturated carbocycles. The Morgan fingerprint density at radius 2 is 1.74 bits per heavy atom. The van der Waals surface area contributed by atoms with E-state index in [2.05, 4.69) is 37.4 Å². The van der Waals surface area contributed by atoms with E-state index >= 15 is 0 Å². The number of ether oxygens (including phenoxy) is 2. The van der Waals surface area contributed by atoms with E-state index in [0.29, 0.717) is 12.5 Å². The molecule has 4 rings (SSSR count). The van der Waals surface area contributed by atoms with Crippen molar-refractivity contribution in [3.05, 3.63) is 28.8 Å². The molecule has 1 aliphatic carbocycles. The summed E-state index contributed by atoms with van der Waals surface area (Å²) in [6, 6.07) is 6.35. The highest BCUT2D eigenvalue weighted by Gasteiger charge is 2.22. The largest absolute Gasteiger partial charge is 0.497 e. The van der Waals surface area contributed by atoms with Crippen molar-refractivity contribution in [3.8, 4) is 11.5 Å². The lowest BCUT2D eigenvalue weighted by Gasteiger charge is -2.34. The summed E-state index contributed by atoms with van der Waals surface area (Å²) in [4.78, 5) is 16.9. The average molecular weight is 446 g/mol. The van der Waals surface area contributed by atoms with Crippen molar-refractivity contribution < 1.29 is 14.3 Å². The highest BCUT2D eigenvalue weighted by atomic mass is 32.1. The number of piperazine rings is 1. The Bertz CT molecular complexity index is 854. The van der Waals surface area contributed by atoms with Gasteiger partial charge >= 0.3 is 0 Å². The monoisotopic (exact) mass is 445 g/mol. The molecule has 2 heterocycles. The van der Waals surface area contributed by atoms with Crippen LogP contribution in [0.15, 0.2) is 18.2 Å². The Morgan fingerprint density at radius 1 is 1.06 bits per heavy atom. The van der Waals surface area contributed by atoms with Crippen LogP contribution in [0.5, 0.6) is 11.5 Å². The zero-order chi connectivity index (χ0) is 21.6. The fraction of sp³-hybridized carbons (Fsp3) is 0.591. The maximum atomic E-state index is 12.3. The third-order valence-corrected chi connectivity index (χ3v) is 6.93. The zero-order valence-electron chi connectivity index (χ0n) is 18.3. The number of benzene rings is 1. The SMILES string of the molecule is COc1cc(CN2CCN(c3nnc(CC(=O)NC4CCCC4)s3)CC2)cc(OC)c1. The van der Waals surface area contributed by atoms with Gasteiger partial charge in [0, 0.05) is 44.8 Å². The number of methoxy groups -OCH3 is 2. The maximum absolute atomic E-state index is 12.3. The van der Waals surface area contributed by atoms with Gasteiger partial charge < -0.3 is 19.7 Å². The number of nitrogens with zero attached hydrogens (tertiary/aromatic N) is 4. The minimum absolute atomic E-state index is 0.0631. The molecular weight excluding hydrogens is 414 g/mol. The number of amides is 1. The molecule has 31 heavy (non-hydrogen) atoms. The first-order chi connectivity index (χ1) is 15.1. The fourth-order valence-electron chi connectivity index (χ4n) is 4.24. The van der Waals surface area contributed by atoms with Crippen LogP contribution in [0.4, 0.5) is 5.13 Å². The van der Waals surface area contributed by atoms with Gasteiger partial charge in [0.15, 0.2) is 0 Å². The number of aromatic nitrogens is 2. The van der Waals surface area contributed by atoms with Crippen LogP contribution in [-0.2, 0) is 17.8 Å². The third kappa shape index (κ3) is 5.86. The molecule has 8 nitrogen and oxygen atoms in total. The van der Waals surface area contributed by atoms with Gasteiger partial charge in [0.1, 0.15) is 16.5 Å². The lowest BCUT2D eigenvalue weighted by molar-refractivity contribution is -0.121. The van der Waals surface area contributed by atoms with E-state index in [9.17, 15) is 4.79 Å². The summed E-state index contributed by atoms with van der Waals surface area (Å²) in [5, 5.41) is 13.4. The molecule has 9 heteroatoms. The molecule has 2 fully saturated rings. The molecule has 1 aromatic carbocycles. The molecule has 0 bridgehead atoms. The van der Waals surface area contributed by atoms with Crippen LogP contribution in [0.1, 0.15) is 36.3 Å². The van der Waals surface area contributed by atoms with Gasteiger partial charge in [0.25, 0.3) is 0 Å². The third-order valence-electron chi connectivity index (χ3n) is 5.95. The number of anilines is 1. The first-order valence-corrected chi connectivity index (χ1v) is 11.8. The van der Waals surface area contributed by atoms with Gasteiger partial charge in [-0.05, 0) is 30.5 Å². The standard InChI is InChI=1S/C22H31N5O3S/c1-29-18-11-16(12-19(13-18)30-2)15-26-7-9-27(10-8-26)22-25-24-21(31-22)14-20(28)23-17-5-3-4-6-17/h11-13,17H,3-10,14-15H2,1-2H3,(H,23,28). The Labute approximate surface area is 187 Å². The summed E-state index contributed by atoms with van der Waals surface area (Å²) in [7, 11) is 3.35. The highest BCUT2D eigenvalue weighted by molar-refractivity contribution is 7.15. The Balaban J connectivity index is 1.27. The number of carbonyl (C=O) groups excluding carboxylic acids is 1. The van der Waals surface area contributed by atoms with Gasteiger partial charge in [0.2, 0.25) is 11.0 Å². The van der Waals surface area contributed by atoms with Gasteiger partial charge in [0.05, 0.1) is 20.6 Å². The summed E-state index contributed by atoms with van der Waals surface area (Å²) in [6.45, 7) is 4.52. The van der Waals surface area contributed by atoms with Crippen molar-refractivity contribution in [1.82, 2.24) is 20.4 Å². The van der Waals surface area contributed by atoms with Gasteiger partial charge in [-0.15, -0.1) is 10.2 Å². The van der Waals surface area contributed by atoms with Crippen LogP contribution in [0, 0.1) is 0 Å². The van der Waals surface area contributed by atoms with E-state index in [1.54, 1.807) is 14.2 Å². The molecular formula is C22H31N5O3S. The first kappa shape index (κ1) is 21.8. The Morgan fingerprint density at radius 3 is 2.39 bits per heavy atom. The van der Waals surface area contributed by atoms with E-state index < -0.39 is 0 Å². The molecule has 2 aromatic rings. The van der Waals surface area contributed by atoms with E-state index in [1.165, 1.54) is 29.7 Å². The predicted octanol–water partition coefficient (Wildman–Crippen LogP) is 2.48. The molecule has 1 amide bonds. The van der Waals surface area contributed by atoms with Crippen LogP contribution < -0.4 is 19.7 Å². The normalized spacial score (nSPS) is 17.7. The Kier molecular flexibility index (Phi) is 7.24. The van der Waals surface area contributed by atoms with Crippen molar-refractivity contribution in [2.75, 3.05) is 45.3 Å². The summed E-state index contributed by atoms with van der Waals surface area (Å²) in [5.74, 6) is 1.69. The lowest BCUT2D eigenvalue weighted by atomic mass is 10.1. The number of rotatable bonds is 8. The number of nitrogens with one attached hydrogen (secondary N) is 1. The molecule has 1 aliphatic heterocycles. The van der Waals surface area contributed by atoms with E-state index in [0.717, 1.165) is 67.2 Å². The van der Waals surface area contributed by atoms with Crippen LogP contribution in [-0.4, -0.2) is 67.4 Å². The summed E-state index contributed by atoms with van der Waals surface area (Å²) >= 11 is 1.53. The number of carbonyl (C=O) groups is 1. The smallest absolute Gasteiger partial charge is 0.227 e. The summed E-state index contributed by atoms with van der Waals surface area (Å²) in [5.41, 5.74) is 1.18. The predicted molar refractivity (Wildman–Crippen MR) is 121 cm³/mol. The van der Waals surface area contributed by atoms with Crippen molar-refractivity contribution in [1.29, 1.82) is 0 Å². The first-order valence-electron chi connectivity index (χ1n) is 10.9. The molecule has 2 aliphatic rings. The second kappa shape index (κ2) is 10.3. The van der Waals surface area contributed by atoms with Crippen molar-refractivity contribution in [3.63, 3.8) is 0 Å². The van der Waals surface area contributed by atoms with Crippen molar-refractivity contribution >= 4 is 22.4 Å². The van der Waals surface area contributed by atoms with E-state index in [1.807, 2.05) is 6.07 Å². The number of hydrogen-bond acceptors (Lipinski definition) is 8. The minimum atomic E-state index is 0.0631. The van der Waals surface area contributed by atoms with Crippen molar-refractivity contribution in [2.45, 2.75) is 44.7 Å². The van der Waals surface area contributed by atoms with Crippen LogP contribution in [0.25, 0.3) is 0 Å². The van der Waals surface area contributed by atoms with Crippen molar-refractivity contribution in [2.24, 2.45) is 0 Å².